The zero-order valence-electron chi connectivity index (χ0n) is 15.3. The van der Waals surface area contributed by atoms with E-state index >= 15 is 0 Å². The summed E-state index contributed by atoms with van der Waals surface area (Å²) < 4.78 is 0. The highest BCUT2D eigenvalue weighted by Crippen LogP contribution is 2.30. The van der Waals surface area contributed by atoms with Gasteiger partial charge in [0, 0.05) is 56.7 Å². The zero-order valence-corrected chi connectivity index (χ0v) is 15.3. The molecular formula is C20H25N5O2. The average Bonchev–Trinajstić information content (AvgIpc) is 3.55. The maximum absolute atomic E-state index is 11.8. The minimum Gasteiger partial charge on any atom is -0.387 e. The summed E-state index contributed by atoms with van der Waals surface area (Å²) in [5, 5.41) is 13.5. The van der Waals surface area contributed by atoms with Crippen LogP contribution >= 0.6 is 0 Å². The second-order valence-electron chi connectivity index (χ2n) is 7.24. The highest BCUT2D eigenvalue weighted by atomic mass is 16.3. The van der Waals surface area contributed by atoms with Gasteiger partial charge < -0.3 is 15.3 Å². The van der Waals surface area contributed by atoms with Crippen molar-refractivity contribution in [2.75, 3.05) is 42.9 Å². The Labute approximate surface area is 159 Å². The van der Waals surface area contributed by atoms with Crippen LogP contribution in [-0.2, 0) is 4.79 Å². The molecule has 0 bridgehead atoms. The van der Waals surface area contributed by atoms with Gasteiger partial charge in [-0.3, -0.25) is 9.69 Å². The van der Waals surface area contributed by atoms with Gasteiger partial charge in [-0.2, -0.15) is 0 Å². The van der Waals surface area contributed by atoms with Crippen LogP contribution in [0.1, 0.15) is 24.5 Å². The molecule has 4 rings (SSSR count). The van der Waals surface area contributed by atoms with Crippen LogP contribution in [0.25, 0.3) is 0 Å². The molecule has 2 heterocycles. The largest absolute Gasteiger partial charge is 0.387 e. The first-order valence-electron chi connectivity index (χ1n) is 9.52. The molecule has 1 saturated carbocycles. The molecule has 2 fully saturated rings. The monoisotopic (exact) mass is 367 g/mol. The Morgan fingerprint density at radius 2 is 1.78 bits per heavy atom. The first-order chi connectivity index (χ1) is 13.2. The molecule has 1 saturated heterocycles. The number of hydrogen-bond acceptors (Lipinski definition) is 6. The summed E-state index contributed by atoms with van der Waals surface area (Å²) in [4.78, 5) is 24.8. The number of amides is 1. The Morgan fingerprint density at radius 3 is 2.41 bits per heavy atom. The highest BCUT2D eigenvalue weighted by molar-refractivity contribution is 5.94. The molecule has 0 unspecified atom stereocenters. The lowest BCUT2D eigenvalue weighted by Crippen LogP contribution is -2.48. The van der Waals surface area contributed by atoms with E-state index in [-0.39, 0.29) is 11.8 Å². The lowest BCUT2D eigenvalue weighted by Gasteiger charge is -2.35. The fraction of sp³-hybridized carbons (Fsp3) is 0.450. The molecule has 2 aliphatic rings. The van der Waals surface area contributed by atoms with Gasteiger partial charge in [0.1, 0.15) is 0 Å². The smallest absolute Gasteiger partial charge is 0.227 e. The molecule has 142 valence electrons. The Balaban J connectivity index is 1.26. The summed E-state index contributed by atoms with van der Waals surface area (Å²) in [6.07, 6.45) is 4.96. The Bertz CT molecular complexity index is 756. The number of nitrogens with one attached hydrogen (secondary N) is 1. The molecule has 1 atom stereocenters. The van der Waals surface area contributed by atoms with Crippen LogP contribution < -0.4 is 10.2 Å². The predicted octanol–water partition coefficient (Wildman–Crippen LogP) is 1.68. The quantitative estimate of drug-likeness (QED) is 0.809. The predicted molar refractivity (Wildman–Crippen MR) is 103 cm³/mol. The molecule has 7 heteroatoms. The molecule has 1 aliphatic heterocycles. The number of hydrogen-bond donors (Lipinski definition) is 2. The summed E-state index contributed by atoms with van der Waals surface area (Å²) in [5.74, 6) is 1.06. The molecule has 2 N–H and O–H groups in total. The van der Waals surface area contributed by atoms with E-state index in [1.54, 1.807) is 12.4 Å². The third-order valence-corrected chi connectivity index (χ3v) is 5.15. The van der Waals surface area contributed by atoms with Gasteiger partial charge in [-0.1, -0.05) is 12.1 Å². The molecule has 0 radical (unpaired) electrons. The van der Waals surface area contributed by atoms with Crippen molar-refractivity contribution in [3.63, 3.8) is 0 Å². The fourth-order valence-corrected chi connectivity index (χ4v) is 3.31. The minimum atomic E-state index is -0.544. The van der Waals surface area contributed by atoms with E-state index in [9.17, 15) is 9.90 Å². The molecule has 1 amide bonds. The molecule has 2 aromatic rings. The van der Waals surface area contributed by atoms with Crippen molar-refractivity contribution in [3.8, 4) is 0 Å². The first kappa shape index (κ1) is 17.9. The molecule has 7 nitrogen and oxygen atoms in total. The number of aliphatic hydroxyl groups excluding tert-OH is 1. The van der Waals surface area contributed by atoms with Crippen molar-refractivity contribution in [1.29, 1.82) is 0 Å². The Hall–Kier alpha value is -2.51. The Kier molecular flexibility index (Phi) is 5.31. The van der Waals surface area contributed by atoms with E-state index in [4.69, 9.17) is 0 Å². The standard InChI is InChI=1S/C20H25N5O2/c26-18(15-4-6-17(7-5-15)23-19(27)16-2-3-16)14-24-10-12-25(13-11-24)20-21-8-1-9-22-20/h1,4-9,16,18,26H,2-3,10-14H2,(H,23,27)/t18-/m1/s1. The summed E-state index contributed by atoms with van der Waals surface area (Å²) >= 11 is 0. The number of β-amino-alcohol motifs (C(OH)–C–C–N with tert-alkyl or cyclic N) is 1. The molecule has 0 spiro atoms. The fourth-order valence-electron chi connectivity index (χ4n) is 3.31. The number of piperazine rings is 1. The van der Waals surface area contributed by atoms with E-state index in [1.807, 2.05) is 30.3 Å². The maximum Gasteiger partial charge on any atom is 0.227 e. The second-order valence-corrected chi connectivity index (χ2v) is 7.24. The number of rotatable bonds is 6. The van der Waals surface area contributed by atoms with Crippen LogP contribution in [0.2, 0.25) is 0 Å². The maximum atomic E-state index is 11.8. The van der Waals surface area contributed by atoms with Crippen LogP contribution in [0, 0.1) is 5.92 Å². The second kappa shape index (κ2) is 8.02. The highest BCUT2D eigenvalue weighted by Gasteiger charge is 2.29. The van der Waals surface area contributed by atoms with Crippen molar-refractivity contribution in [2.24, 2.45) is 5.92 Å². The van der Waals surface area contributed by atoms with E-state index in [2.05, 4.69) is 25.1 Å². The Morgan fingerprint density at radius 1 is 1.11 bits per heavy atom. The van der Waals surface area contributed by atoms with Crippen LogP contribution in [0.15, 0.2) is 42.7 Å². The third kappa shape index (κ3) is 4.61. The van der Waals surface area contributed by atoms with Crippen molar-refractivity contribution < 1.29 is 9.90 Å². The number of anilines is 2. The van der Waals surface area contributed by atoms with Crippen molar-refractivity contribution in [1.82, 2.24) is 14.9 Å². The summed E-state index contributed by atoms with van der Waals surface area (Å²) in [5.41, 5.74) is 1.66. The number of aliphatic hydroxyl groups is 1. The minimum absolute atomic E-state index is 0.101. The topological polar surface area (TPSA) is 81.6 Å². The molecular weight excluding hydrogens is 342 g/mol. The lowest BCUT2D eigenvalue weighted by atomic mass is 10.1. The van der Waals surface area contributed by atoms with Crippen LogP contribution in [0.4, 0.5) is 11.6 Å². The third-order valence-electron chi connectivity index (χ3n) is 5.15. The normalized spacial score (nSPS) is 18.9. The van der Waals surface area contributed by atoms with E-state index in [1.165, 1.54) is 0 Å². The first-order valence-corrected chi connectivity index (χ1v) is 9.52. The summed E-state index contributed by atoms with van der Waals surface area (Å²) in [7, 11) is 0. The van der Waals surface area contributed by atoms with Gasteiger partial charge in [-0.15, -0.1) is 0 Å². The molecule has 1 aliphatic carbocycles. The molecule has 1 aromatic carbocycles. The average molecular weight is 367 g/mol. The van der Waals surface area contributed by atoms with E-state index < -0.39 is 6.10 Å². The van der Waals surface area contributed by atoms with Gasteiger partial charge in [0.15, 0.2) is 0 Å². The number of nitrogens with zero attached hydrogens (tertiary/aromatic N) is 4. The van der Waals surface area contributed by atoms with Crippen LogP contribution in [-0.4, -0.2) is 58.6 Å². The van der Waals surface area contributed by atoms with Crippen LogP contribution in [0.5, 0.6) is 0 Å². The number of aromatic nitrogens is 2. The van der Waals surface area contributed by atoms with Gasteiger partial charge in [0.25, 0.3) is 0 Å². The summed E-state index contributed by atoms with van der Waals surface area (Å²) in [6.45, 7) is 4.03. The van der Waals surface area contributed by atoms with Crippen molar-refractivity contribution in [3.05, 3.63) is 48.3 Å². The number of carbonyl (C=O) groups is 1. The van der Waals surface area contributed by atoms with Crippen LogP contribution in [0.3, 0.4) is 0 Å². The van der Waals surface area contributed by atoms with E-state index in [0.717, 1.165) is 56.2 Å². The van der Waals surface area contributed by atoms with Crippen molar-refractivity contribution >= 4 is 17.5 Å². The lowest BCUT2D eigenvalue weighted by molar-refractivity contribution is -0.117. The van der Waals surface area contributed by atoms with Gasteiger partial charge in [0.2, 0.25) is 11.9 Å². The SMILES string of the molecule is O=C(Nc1ccc([C@H](O)CN2CCN(c3ncccn3)CC2)cc1)C1CC1. The molecule has 27 heavy (non-hydrogen) atoms. The van der Waals surface area contributed by atoms with Gasteiger partial charge in [-0.25, -0.2) is 9.97 Å². The summed E-state index contributed by atoms with van der Waals surface area (Å²) in [6, 6.07) is 9.33. The van der Waals surface area contributed by atoms with Gasteiger partial charge in [0.05, 0.1) is 6.10 Å². The zero-order chi connectivity index (χ0) is 18.6. The van der Waals surface area contributed by atoms with Gasteiger partial charge in [-0.05, 0) is 36.6 Å². The van der Waals surface area contributed by atoms with Gasteiger partial charge >= 0.3 is 0 Å². The van der Waals surface area contributed by atoms with Crippen molar-refractivity contribution in [2.45, 2.75) is 18.9 Å². The van der Waals surface area contributed by atoms with E-state index in [0.29, 0.717) is 6.54 Å². The number of carbonyl (C=O) groups excluding carboxylic acids is 1. The molecule has 1 aromatic heterocycles. The number of benzene rings is 1.